The molecule has 3 heteroatoms. The van der Waals surface area contributed by atoms with Crippen LogP contribution in [0.15, 0.2) is 11.1 Å². The van der Waals surface area contributed by atoms with Gasteiger partial charge >= 0.3 is 0 Å². The van der Waals surface area contributed by atoms with Crippen LogP contribution in [0.2, 0.25) is 0 Å². The highest BCUT2D eigenvalue weighted by Crippen LogP contribution is 2.37. The summed E-state index contributed by atoms with van der Waals surface area (Å²) in [4.78, 5) is 4.78. The summed E-state index contributed by atoms with van der Waals surface area (Å²) in [6, 6.07) is 4.43. The first kappa shape index (κ1) is 13.0. The average molecular weight is 272 g/mol. The number of thioether (sulfide) groups is 1. The number of rotatable bonds is 2. The third-order valence-electron chi connectivity index (χ3n) is 4.30. The van der Waals surface area contributed by atoms with E-state index in [0.717, 1.165) is 29.3 Å². The molecule has 2 aliphatic carbocycles. The van der Waals surface area contributed by atoms with Crippen molar-refractivity contribution in [3.63, 3.8) is 0 Å². The number of nitrogens with zero attached hydrogens (tertiary/aromatic N) is 2. The van der Waals surface area contributed by atoms with Crippen LogP contribution >= 0.6 is 11.8 Å². The third kappa shape index (κ3) is 2.79. The zero-order valence-corrected chi connectivity index (χ0v) is 12.3. The topological polar surface area (TPSA) is 36.7 Å². The molecule has 0 amide bonds. The van der Waals surface area contributed by atoms with E-state index in [1.165, 1.54) is 43.4 Å². The minimum Gasteiger partial charge on any atom is -0.245 e. The highest BCUT2D eigenvalue weighted by molar-refractivity contribution is 7.99. The number of hydrogen-bond acceptors (Lipinski definition) is 3. The molecule has 1 aromatic rings. The smallest absolute Gasteiger partial charge is 0.114 e. The van der Waals surface area contributed by atoms with E-state index in [2.05, 4.69) is 19.1 Å². The first-order valence-corrected chi connectivity index (χ1v) is 8.24. The van der Waals surface area contributed by atoms with E-state index in [-0.39, 0.29) is 0 Å². The van der Waals surface area contributed by atoms with Crippen molar-refractivity contribution in [2.75, 3.05) is 0 Å². The average Bonchev–Trinajstić information content (AvgIpc) is 2.85. The molecule has 0 N–H and O–H groups in total. The van der Waals surface area contributed by atoms with Crippen LogP contribution in [0, 0.1) is 17.2 Å². The summed E-state index contributed by atoms with van der Waals surface area (Å²) in [6.07, 6.45) is 8.62. The SMILES string of the molecule is CC1CCCC(Sc2nc3c(cc2C#N)CCC3)C1. The molecule has 1 fully saturated rings. The highest BCUT2D eigenvalue weighted by atomic mass is 32.2. The van der Waals surface area contributed by atoms with Gasteiger partial charge in [-0.1, -0.05) is 19.8 Å². The Kier molecular flexibility index (Phi) is 3.79. The maximum Gasteiger partial charge on any atom is 0.114 e. The van der Waals surface area contributed by atoms with Gasteiger partial charge in [0.1, 0.15) is 11.1 Å². The molecule has 3 rings (SSSR count). The van der Waals surface area contributed by atoms with Gasteiger partial charge in [-0.2, -0.15) is 5.26 Å². The van der Waals surface area contributed by atoms with Crippen LogP contribution in [0.25, 0.3) is 0 Å². The van der Waals surface area contributed by atoms with Crippen LogP contribution in [0.4, 0.5) is 0 Å². The van der Waals surface area contributed by atoms with Gasteiger partial charge in [0, 0.05) is 10.9 Å². The molecule has 0 radical (unpaired) electrons. The lowest BCUT2D eigenvalue weighted by Gasteiger charge is -2.26. The van der Waals surface area contributed by atoms with Crippen molar-refractivity contribution < 1.29 is 0 Å². The summed E-state index contributed by atoms with van der Waals surface area (Å²) in [5, 5.41) is 11.0. The summed E-state index contributed by atoms with van der Waals surface area (Å²) < 4.78 is 0. The fraction of sp³-hybridized carbons (Fsp3) is 0.625. The second-order valence-corrected chi connectivity index (χ2v) is 7.21. The van der Waals surface area contributed by atoms with Crippen LogP contribution in [0.5, 0.6) is 0 Å². The van der Waals surface area contributed by atoms with Crippen LogP contribution < -0.4 is 0 Å². The molecule has 2 nitrogen and oxygen atoms in total. The minimum atomic E-state index is 0.655. The molecule has 2 atom stereocenters. The van der Waals surface area contributed by atoms with Crippen molar-refractivity contribution in [3.8, 4) is 6.07 Å². The highest BCUT2D eigenvalue weighted by Gasteiger charge is 2.23. The maximum absolute atomic E-state index is 9.33. The largest absolute Gasteiger partial charge is 0.245 e. The first-order valence-electron chi connectivity index (χ1n) is 7.36. The Balaban J connectivity index is 1.82. The molecule has 1 saturated carbocycles. The third-order valence-corrected chi connectivity index (χ3v) is 5.60. The van der Waals surface area contributed by atoms with Gasteiger partial charge < -0.3 is 0 Å². The fourth-order valence-electron chi connectivity index (χ4n) is 3.27. The molecule has 2 aliphatic rings. The maximum atomic E-state index is 9.33. The monoisotopic (exact) mass is 272 g/mol. The molecule has 0 aliphatic heterocycles. The normalized spacial score (nSPS) is 25.9. The molecular weight excluding hydrogens is 252 g/mol. The Labute approximate surface area is 119 Å². The lowest BCUT2D eigenvalue weighted by molar-refractivity contribution is 0.394. The molecule has 0 spiro atoms. The molecule has 1 aromatic heterocycles. The van der Waals surface area contributed by atoms with Crippen molar-refractivity contribution >= 4 is 11.8 Å². The van der Waals surface area contributed by atoms with E-state index < -0.39 is 0 Å². The predicted octanol–water partition coefficient (Wildman–Crippen LogP) is 4.11. The van der Waals surface area contributed by atoms with Crippen molar-refractivity contribution in [1.82, 2.24) is 4.98 Å². The van der Waals surface area contributed by atoms with Crippen molar-refractivity contribution in [3.05, 3.63) is 22.9 Å². The zero-order chi connectivity index (χ0) is 13.2. The Morgan fingerprint density at radius 1 is 1.32 bits per heavy atom. The fourth-order valence-corrected chi connectivity index (χ4v) is 4.69. The number of nitriles is 1. The second kappa shape index (κ2) is 5.54. The lowest BCUT2D eigenvalue weighted by Crippen LogP contribution is -2.15. The Hall–Kier alpha value is -1.01. The predicted molar refractivity (Wildman–Crippen MR) is 78.3 cm³/mol. The molecule has 2 unspecified atom stereocenters. The van der Waals surface area contributed by atoms with E-state index in [9.17, 15) is 5.26 Å². The molecular formula is C16H20N2S. The van der Waals surface area contributed by atoms with Gasteiger partial charge in [-0.15, -0.1) is 11.8 Å². The van der Waals surface area contributed by atoms with E-state index in [1.54, 1.807) is 0 Å². The van der Waals surface area contributed by atoms with Gasteiger partial charge in [-0.3, -0.25) is 0 Å². The van der Waals surface area contributed by atoms with Gasteiger partial charge in [0.15, 0.2) is 0 Å². The first-order chi connectivity index (χ1) is 9.26. The van der Waals surface area contributed by atoms with E-state index in [4.69, 9.17) is 4.98 Å². The van der Waals surface area contributed by atoms with Crippen LogP contribution in [0.1, 0.15) is 55.8 Å². The number of aromatic nitrogens is 1. The Bertz CT molecular complexity index is 518. The Morgan fingerprint density at radius 2 is 2.21 bits per heavy atom. The van der Waals surface area contributed by atoms with Gasteiger partial charge in [0.2, 0.25) is 0 Å². The van der Waals surface area contributed by atoms with Crippen LogP contribution in [-0.4, -0.2) is 10.2 Å². The zero-order valence-electron chi connectivity index (χ0n) is 11.5. The van der Waals surface area contributed by atoms with Crippen LogP contribution in [-0.2, 0) is 12.8 Å². The number of hydrogen-bond donors (Lipinski definition) is 0. The van der Waals surface area contributed by atoms with E-state index >= 15 is 0 Å². The lowest BCUT2D eigenvalue weighted by atomic mass is 9.91. The van der Waals surface area contributed by atoms with Gasteiger partial charge in [-0.25, -0.2) is 4.98 Å². The van der Waals surface area contributed by atoms with Gasteiger partial charge in [0.05, 0.1) is 5.56 Å². The molecule has 0 aromatic carbocycles. The van der Waals surface area contributed by atoms with Gasteiger partial charge in [0.25, 0.3) is 0 Å². The Morgan fingerprint density at radius 3 is 3.00 bits per heavy atom. The summed E-state index contributed by atoms with van der Waals surface area (Å²) in [5.74, 6) is 0.825. The summed E-state index contributed by atoms with van der Waals surface area (Å²) >= 11 is 1.85. The van der Waals surface area contributed by atoms with Crippen LogP contribution in [0.3, 0.4) is 0 Å². The molecule has 0 saturated heterocycles. The quantitative estimate of drug-likeness (QED) is 0.813. The van der Waals surface area contributed by atoms with Crippen molar-refractivity contribution in [2.45, 2.75) is 62.1 Å². The number of pyridine rings is 1. The molecule has 0 bridgehead atoms. The summed E-state index contributed by atoms with van der Waals surface area (Å²) in [7, 11) is 0. The standard InChI is InChI=1S/C16H20N2S/c1-11-4-2-6-14(8-11)19-16-13(10-17)9-12-5-3-7-15(12)18-16/h9,11,14H,2-8H2,1H3. The van der Waals surface area contributed by atoms with Crippen molar-refractivity contribution in [2.24, 2.45) is 5.92 Å². The number of aryl methyl sites for hydroxylation is 2. The minimum absolute atomic E-state index is 0.655. The molecule has 100 valence electrons. The van der Waals surface area contributed by atoms with Gasteiger partial charge in [-0.05, 0) is 49.7 Å². The van der Waals surface area contributed by atoms with E-state index in [1.807, 2.05) is 11.8 Å². The molecule has 1 heterocycles. The summed E-state index contributed by atoms with van der Waals surface area (Å²) in [6.45, 7) is 2.34. The molecule has 19 heavy (non-hydrogen) atoms. The van der Waals surface area contributed by atoms with Crippen molar-refractivity contribution in [1.29, 1.82) is 5.26 Å². The number of fused-ring (bicyclic) bond motifs is 1. The summed E-state index contributed by atoms with van der Waals surface area (Å²) in [5.41, 5.74) is 3.34. The second-order valence-electron chi connectivity index (χ2n) is 5.92. The van der Waals surface area contributed by atoms with E-state index in [0.29, 0.717) is 5.25 Å².